The Kier molecular flexibility index (Phi) is 19.7. The Labute approximate surface area is 409 Å². The molecule has 6 aromatic rings. The first kappa shape index (κ1) is 57.4. The topological polar surface area (TPSA) is 272 Å². The van der Waals surface area contributed by atoms with Gasteiger partial charge in [-0.3, -0.25) is 0 Å². The van der Waals surface area contributed by atoms with E-state index < -0.39 is 41.6 Å². The van der Waals surface area contributed by atoms with E-state index in [1.807, 2.05) is 0 Å². The number of ether oxygens (including phenoxy) is 6. The summed E-state index contributed by atoms with van der Waals surface area (Å²) >= 11 is 0. The largest absolute Gasteiger partial charge is 0.497 e. The quantitative estimate of drug-likeness (QED) is 0.122. The number of anilines is 2. The molecule has 8 rings (SSSR count). The number of pyridine rings is 2. The number of carbonyl (C=O) groups is 2. The molecule has 22 heteroatoms. The first-order chi connectivity index (χ1) is 31.4. The van der Waals surface area contributed by atoms with Gasteiger partial charge in [0.25, 0.3) is 11.8 Å². The second kappa shape index (κ2) is 24.1. The van der Waals surface area contributed by atoms with Gasteiger partial charge >= 0.3 is 12.2 Å². The van der Waals surface area contributed by atoms with Gasteiger partial charge in [-0.1, -0.05) is 55.4 Å². The molecule has 2 amide bonds. The van der Waals surface area contributed by atoms with Crippen molar-refractivity contribution in [3.8, 4) is 35.0 Å². The number of hydrogen-bond donors (Lipinski definition) is 3. The summed E-state index contributed by atoms with van der Waals surface area (Å²) in [5.41, 5.74) is 5.00. The molecule has 0 bridgehead atoms. The Morgan fingerprint density at radius 1 is 0.629 bits per heavy atom. The highest BCUT2D eigenvalue weighted by Gasteiger charge is 2.38. The third-order valence-electron chi connectivity index (χ3n) is 10.6. The van der Waals surface area contributed by atoms with Gasteiger partial charge in [0.1, 0.15) is 51.9 Å². The maximum atomic E-state index is 13.4. The van der Waals surface area contributed by atoms with E-state index in [-0.39, 0.29) is 76.1 Å². The van der Waals surface area contributed by atoms with Crippen LogP contribution in [0.5, 0.6) is 35.0 Å². The summed E-state index contributed by atoms with van der Waals surface area (Å²) < 4.78 is 36.8. The minimum atomic E-state index is -1.00. The van der Waals surface area contributed by atoms with Crippen LogP contribution in [-0.2, 0) is 9.47 Å². The molecule has 4 atom stereocenters. The molecule has 2 fully saturated rings. The Balaban J connectivity index is 0.000000377. The summed E-state index contributed by atoms with van der Waals surface area (Å²) in [5, 5.41) is 31.1. The monoisotopic (exact) mass is 977 g/mol. The number of aromatic nitrogens is 10. The maximum absolute atomic E-state index is 13.4. The van der Waals surface area contributed by atoms with Crippen molar-refractivity contribution in [3.05, 3.63) is 49.3 Å². The van der Waals surface area contributed by atoms with Crippen molar-refractivity contribution in [1.82, 2.24) is 49.5 Å². The molecule has 4 N–H and O–H groups in total. The van der Waals surface area contributed by atoms with E-state index >= 15 is 0 Å². The summed E-state index contributed by atoms with van der Waals surface area (Å²) in [6.45, 7) is 10.1. The zero-order chi connectivity index (χ0) is 47.3. The molecule has 384 valence electrons. The van der Waals surface area contributed by atoms with Crippen LogP contribution in [-0.4, -0.2) is 109 Å². The molecule has 6 heterocycles. The molecule has 0 saturated heterocycles. The number of carbonyl (C=O) groups excluding carboxylic acids is 2. The van der Waals surface area contributed by atoms with E-state index in [1.165, 1.54) is 26.0 Å². The molecule has 0 radical (unpaired) electrons. The molecule has 6 aromatic heterocycles. The predicted molar refractivity (Wildman–Crippen MR) is 266 cm³/mol. The number of nitrogen functional groups attached to an aromatic ring is 1. The Hall–Kier alpha value is -6.94. The second-order valence-corrected chi connectivity index (χ2v) is 17.8. The summed E-state index contributed by atoms with van der Waals surface area (Å²) in [6.07, 6.45) is 9.12. The Morgan fingerprint density at radius 3 is 1.47 bits per heavy atom. The SMILES string of the molecule is C.C.C.C.COc1ccnc(Oc2nn([C@H]3CCCC[C@@H]3O)c3ncnc(N(C(=O)OC(C)(C)C)C(=O)OC(C)(C)C)c23)c1.COc1ccnc(Oc2nn([C@H]3CCCC[C@@H]3O)c3ncnc(N)c23)c1. The van der Waals surface area contributed by atoms with Crippen molar-refractivity contribution in [2.45, 2.75) is 158 Å². The standard InChI is InChI=1S/C27H36N6O7.C17H20N6O3.4CH4/c1-26(2,3)39-24(35)32(25(36)40-27(4,5)6)21-20-22(30-15-29-21)33(17-10-8-9-11-18(17)34)31-23(20)38-19-14-16(37-7)12-13-28-19;1-25-10-6-7-19-13(8-10)26-17-14-15(18)20-9-21-16(14)23(22-17)11-4-2-3-5-12(11)24;;;;/h12-15,17-18,34H,8-11H2,1-7H3;6-9,11-12,24H,2-5H2,1H3,(H2,18,20,21);4*1H4/t17-,18-;11-,12-;;;;/m00..../s1. The second-order valence-electron chi connectivity index (χ2n) is 17.8. The number of aliphatic hydroxyl groups excluding tert-OH is 2. The Morgan fingerprint density at radius 2 is 1.04 bits per heavy atom. The highest BCUT2D eigenvalue weighted by atomic mass is 16.6. The number of nitrogens with two attached hydrogens (primary N) is 1. The molecule has 2 aliphatic rings. The fourth-order valence-electron chi connectivity index (χ4n) is 7.63. The minimum Gasteiger partial charge on any atom is -0.497 e. The molecule has 2 saturated carbocycles. The van der Waals surface area contributed by atoms with Gasteiger partial charge < -0.3 is 44.4 Å². The van der Waals surface area contributed by atoms with E-state index in [0.717, 1.165) is 38.5 Å². The molecular formula is C48H72N12O10. The van der Waals surface area contributed by atoms with Crippen LogP contribution in [0.4, 0.5) is 21.2 Å². The number of nitrogens with zero attached hydrogens (tertiary/aromatic N) is 11. The van der Waals surface area contributed by atoms with E-state index in [2.05, 4.69) is 40.1 Å². The normalized spacial score (nSPS) is 17.7. The lowest BCUT2D eigenvalue weighted by Crippen LogP contribution is -2.44. The van der Waals surface area contributed by atoms with Gasteiger partial charge in [-0.2, -0.15) is 4.90 Å². The molecule has 0 unspecified atom stereocenters. The number of amides is 2. The average molecular weight is 977 g/mol. The van der Waals surface area contributed by atoms with Crippen LogP contribution in [0, 0.1) is 0 Å². The lowest BCUT2D eigenvalue weighted by molar-refractivity contribution is 0.0429. The van der Waals surface area contributed by atoms with Crippen molar-refractivity contribution in [2.75, 3.05) is 24.9 Å². The van der Waals surface area contributed by atoms with Gasteiger partial charge in [0, 0.05) is 24.5 Å². The number of imide groups is 1. The van der Waals surface area contributed by atoms with Crippen LogP contribution >= 0.6 is 0 Å². The van der Waals surface area contributed by atoms with Crippen LogP contribution in [0.3, 0.4) is 0 Å². The first-order valence-electron chi connectivity index (χ1n) is 21.6. The summed E-state index contributed by atoms with van der Waals surface area (Å²) in [4.78, 5) is 53.1. The molecule has 0 spiro atoms. The summed E-state index contributed by atoms with van der Waals surface area (Å²) in [5.74, 6) is 1.93. The van der Waals surface area contributed by atoms with Crippen molar-refractivity contribution >= 4 is 45.9 Å². The first-order valence-corrected chi connectivity index (χ1v) is 21.6. The lowest BCUT2D eigenvalue weighted by Gasteiger charge is -2.28. The molecular weight excluding hydrogens is 905 g/mol. The summed E-state index contributed by atoms with van der Waals surface area (Å²) in [7, 11) is 3.08. The van der Waals surface area contributed by atoms with E-state index in [1.54, 1.807) is 88.5 Å². The lowest BCUT2D eigenvalue weighted by atomic mass is 9.93. The summed E-state index contributed by atoms with van der Waals surface area (Å²) in [6, 6.07) is 6.01. The van der Waals surface area contributed by atoms with Gasteiger partial charge in [-0.25, -0.2) is 48.9 Å². The zero-order valence-corrected chi connectivity index (χ0v) is 38.2. The van der Waals surface area contributed by atoms with Crippen molar-refractivity contribution in [1.29, 1.82) is 0 Å². The fourth-order valence-corrected chi connectivity index (χ4v) is 7.63. The molecule has 2 aliphatic carbocycles. The number of aliphatic hydroxyl groups is 2. The van der Waals surface area contributed by atoms with Gasteiger partial charge in [0.05, 0.1) is 38.5 Å². The van der Waals surface area contributed by atoms with Crippen LogP contribution in [0.1, 0.15) is 135 Å². The van der Waals surface area contributed by atoms with Crippen LogP contribution in [0.2, 0.25) is 0 Å². The zero-order valence-electron chi connectivity index (χ0n) is 38.2. The van der Waals surface area contributed by atoms with Gasteiger partial charge in [0.2, 0.25) is 11.8 Å². The molecule has 22 nitrogen and oxygen atoms in total. The Bertz CT molecular complexity index is 2640. The molecule has 0 aromatic carbocycles. The number of rotatable bonds is 9. The van der Waals surface area contributed by atoms with Crippen molar-refractivity contribution < 1.29 is 48.2 Å². The van der Waals surface area contributed by atoms with Crippen LogP contribution in [0.15, 0.2) is 49.3 Å². The fraction of sp³-hybridized carbons (Fsp3) is 0.542. The number of hydrogen-bond acceptors (Lipinski definition) is 19. The molecule has 70 heavy (non-hydrogen) atoms. The minimum absolute atomic E-state index is 0. The van der Waals surface area contributed by atoms with Crippen molar-refractivity contribution in [2.24, 2.45) is 0 Å². The molecule has 0 aliphatic heterocycles. The highest BCUT2D eigenvalue weighted by Crippen LogP contribution is 2.40. The number of fused-ring (bicyclic) bond motifs is 2. The smallest absolute Gasteiger partial charge is 0.425 e. The maximum Gasteiger partial charge on any atom is 0.425 e. The van der Waals surface area contributed by atoms with Gasteiger partial charge in [-0.05, 0) is 79.4 Å². The third kappa shape index (κ3) is 13.2. The average Bonchev–Trinajstić information content (AvgIpc) is 3.82. The van der Waals surface area contributed by atoms with Gasteiger partial charge in [0.15, 0.2) is 17.1 Å². The van der Waals surface area contributed by atoms with Crippen LogP contribution < -0.4 is 29.6 Å². The van der Waals surface area contributed by atoms with E-state index in [0.29, 0.717) is 46.2 Å². The van der Waals surface area contributed by atoms with Crippen LogP contribution in [0.25, 0.3) is 22.1 Å². The predicted octanol–water partition coefficient (Wildman–Crippen LogP) is 9.80. The van der Waals surface area contributed by atoms with E-state index in [9.17, 15) is 19.8 Å². The number of methoxy groups -OCH3 is 2. The van der Waals surface area contributed by atoms with Crippen molar-refractivity contribution in [3.63, 3.8) is 0 Å². The highest BCUT2D eigenvalue weighted by molar-refractivity contribution is 6.14. The van der Waals surface area contributed by atoms with Gasteiger partial charge in [-0.15, -0.1) is 10.2 Å². The third-order valence-corrected chi connectivity index (χ3v) is 10.6. The van der Waals surface area contributed by atoms with E-state index in [4.69, 9.17) is 34.2 Å².